The van der Waals surface area contributed by atoms with Crippen LogP contribution in [0.3, 0.4) is 0 Å². The Morgan fingerprint density at radius 1 is 1.15 bits per heavy atom. The number of aliphatic carboxylic acids is 1. The number of carboxylic acid groups (broad SMARTS) is 1. The lowest BCUT2D eigenvalue weighted by Gasteiger charge is -2.26. The molecule has 7 nitrogen and oxygen atoms in total. The van der Waals surface area contributed by atoms with E-state index in [1.807, 2.05) is 41.3 Å². The Kier molecular flexibility index (Phi) is 10.4. The highest BCUT2D eigenvalue weighted by Crippen LogP contribution is 2.25. The van der Waals surface area contributed by atoms with E-state index in [2.05, 4.69) is 0 Å². The number of carbonyl (C=O) groups excluding carboxylic acids is 1. The molecule has 2 atom stereocenters. The van der Waals surface area contributed by atoms with Gasteiger partial charge in [-0.05, 0) is 62.7 Å². The number of nitrogens with zero attached hydrogens (tertiary/aromatic N) is 1. The first-order chi connectivity index (χ1) is 16.2. The summed E-state index contributed by atoms with van der Waals surface area (Å²) in [6.07, 6.45) is -1.85. The molecule has 0 aliphatic heterocycles. The SMILES string of the molecule is COc1cccc(CCc2ccccc2OCC(CCN(C)C)OC(C=O)C(F)(F)C(=O)O)c1. The number of halogens is 2. The van der Waals surface area contributed by atoms with Crippen molar-refractivity contribution in [2.45, 2.75) is 37.4 Å². The van der Waals surface area contributed by atoms with E-state index in [0.717, 1.165) is 23.3 Å². The van der Waals surface area contributed by atoms with Crippen molar-refractivity contribution >= 4 is 12.3 Å². The maximum absolute atomic E-state index is 13.9. The number of hydrogen-bond donors (Lipinski definition) is 1. The van der Waals surface area contributed by atoms with Crippen molar-refractivity contribution in [3.05, 3.63) is 59.7 Å². The summed E-state index contributed by atoms with van der Waals surface area (Å²) in [6.45, 7) is 0.347. The Morgan fingerprint density at radius 2 is 1.88 bits per heavy atom. The van der Waals surface area contributed by atoms with Gasteiger partial charge in [0.2, 0.25) is 0 Å². The number of carbonyl (C=O) groups is 2. The number of para-hydroxylation sites is 1. The molecule has 0 bridgehead atoms. The number of rotatable bonds is 15. The van der Waals surface area contributed by atoms with Crippen LogP contribution in [0.15, 0.2) is 48.5 Å². The summed E-state index contributed by atoms with van der Waals surface area (Å²) in [5.41, 5.74) is 2.01. The van der Waals surface area contributed by atoms with Crippen LogP contribution in [-0.2, 0) is 27.2 Å². The molecule has 0 amide bonds. The van der Waals surface area contributed by atoms with Gasteiger partial charge in [0.05, 0.1) is 13.2 Å². The Balaban J connectivity index is 2.10. The van der Waals surface area contributed by atoms with Crippen LogP contribution in [0.4, 0.5) is 8.78 Å². The van der Waals surface area contributed by atoms with Crippen LogP contribution >= 0.6 is 0 Å². The van der Waals surface area contributed by atoms with E-state index in [9.17, 15) is 18.4 Å². The third kappa shape index (κ3) is 8.07. The molecule has 0 saturated carbocycles. The number of benzene rings is 2. The quantitative estimate of drug-likeness (QED) is 0.392. The largest absolute Gasteiger partial charge is 0.497 e. The van der Waals surface area contributed by atoms with Crippen molar-refractivity contribution in [2.75, 3.05) is 34.4 Å². The number of methoxy groups -OCH3 is 1. The monoisotopic (exact) mass is 479 g/mol. The van der Waals surface area contributed by atoms with Crippen LogP contribution < -0.4 is 9.47 Å². The zero-order chi connectivity index (χ0) is 25.1. The predicted molar refractivity (Wildman–Crippen MR) is 123 cm³/mol. The maximum atomic E-state index is 13.9. The summed E-state index contributed by atoms with van der Waals surface area (Å²) in [5, 5.41) is 8.77. The molecule has 2 unspecified atom stereocenters. The lowest BCUT2D eigenvalue weighted by molar-refractivity contribution is -0.195. The van der Waals surface area contributed by atoms with E-state index >= 15 is 0 Å². The minimum absolute atomic E-state index is 0.121. The molecule has 2 aromatic carbocycles. The first kappa shape index (κ1) is 27.2. The molecule has 0 aliphatic rings. The summed E-state index contributed by atoms with van der Waals surface area (Å²) in [6, 6.07) is 15.1. The second-order valence-electron chi connectivity index (χ2n) is 8.11. The number of aldehydes is 1. The fourth-order valence-corrected chi connectivity index (χ4v) is 3.27. The fourth-order valence-electron chi connectivity index (χ4n) is 3.27. The molecule has 0 spiro atoms. The van der Waals surface area contributed by atoms with Gasteiger partial charge < -0.3 is 29.0 Å². The molecule has 34 heavy (non-hydrogen) atoms. The van der Waals surface area contributed by atoms with Crippen LogP contribution in [0.25, 0.3) is 0 Å². The minimum atomic E-state index is -4.34. The Hall–Kier alpha value is -3.04. The van der Waals surface area contributed by atoms with Gasteiger partial charge in [-0.25, -0.2) is 4.79 Å². The van der Waals surface area contributed by atoms with Crippen molar-refractivity contribution in [1.29, 1.82) is 0 Å². The van der Waals surface area contributed by atoms with E-state index in [1.165, 1.54) is 0 Å². The molecule has 186 valence electrons. The zero-order valence-corrected chi connectivity index (χ0v) is 19.6. The summed E-state index contributed by atoms with van der Waals surface area (Å²) in [7, 11) is 5.21. The first-order valence-electron chi connectivity index (χ1n) is 10.9. The molecule has 0 aromatic heterocycles. The van der Waals surface area contributed by atoms with Crippen LogP contribution in [0.2, 0.25) is 0 Å². The Labute approximate surface area is 198 Å². The van der Waals surface area contributed by atoms with Gasteiger partial charge in [0, 0.05) is 6.54 Å². The molecule has 0 saturated heterocycles. The maximum Gasteiger partial charge on any atom is 0.377 e. The highest BCUT2D eigenvalue weighted by atomic mass is 19.3. The van der Waals surface area contributed by atoms with Crippen molar-refractivity contribution < 1.29 is 37.7 Å². The van der Waals surface area contributed by atoms with E-state index in [1.54, 1.807) is 33.3 Å². The third-order valence-electron chi connectivity index (χ3n) is 5.22. The standard InChI is InChI=1S/C25H31F2NO6/c1-28(2)14-13-21(34-23(16-29)25(26,27)24(30)31)17-33-22-10-5-4-8-19(22)12-11-18-7-6-9-20(15-18)32-3/h4-10,15-16,21,23H,11-14,17H2,1-3H3,(H,30,31). The van der Waals surface area contributed by atoms with E-state index in [0.29, 0.717) is 18.7 Å². The number of aryl methyl sites for hydroxylation is 2. The van der Waals surface area contributed by atoms with Crippen LogP contribution in [0.1, 0.15) is 17.5 Å². The highest BCUT2D eigenvalue weighted by Gasteiger charge is 2.49. The van der Waals surface area contributed by atoms with Gasteiger partial charge >= 0.3 is 11.9 Å². The van der Waals surface area contributed by atoms with E-state index < -0.39 is 24.1 Å². The summed E-state index contributed by atoms with van der Waals surface area (Å²) in [4.78, 5) is 23.9. The van der Waals surface area contributed by atoms with Gasteiger partial charge in [-0.2, -0.15) is 8.78 Å². The number of carboxylic acids is 1. The van der Waals surface area contributed by atoms with Crippen molar-refractivity contribution in [3.8, 4) is 11.5 Å². The molecule has 0 radical (unpaired) electrons. The van der Waals surface area contributed by atoms with Gasteiger partial charge in [-0.3, -0.25) is 0 Å². The van der Waals surface area contributed by atoms with Crippen LogP contribution in [0, 0.1) is 0 Å². The fraction of sp³-hybridized carbons (Fsp3) is 0.440. The van der Waals surface area contributed by atoms with E-state index in [-0.39, 0.29) is 19.3 Å². The molecular weight excluding hydrogens is 448 g/mol. The number of alkyl halides is 2. The molecule has 0 fully saturated rings. The molecule has 9 heteroatoms. The molecule has 1 N–H and O–H groups in total. The summed E-state index contributed by atoms with van der Waals surface area (Å²) < 4.78 is 44.2. The Morgan fingerprint density at radius 3 is 2.53 bits per heavy atom. The summed E-state index contributed by atoms with van der Waals surface area (Å²) >= 11 is 0. The van der Waals surface area contributed by atoms with Crippen molar-refractivity contribution in [3.63, 3.8) is 0 Å². The van der Waals surface area contributed by atoms with Gasteiger partial charge in [0.25, 0.3) is 0 Å². The second-order valence-corrected chi connectivity index (χ2v) is 8.11. The predicted octanol–water partition coefficient (Wildman–Crippen LogP) is 3.48. The van der Waals surface area contributed by atoms with Gasteiger partial charge in [-0.1, -0.05) is 30.3 Å². The van der Waals surface area contributed by atoms with E-state index in [4.69, 9.17) is 19.3 Å². The molecule has 2 aromatic rings. The summed E-state index contributed by atoms with van der Waals surface area (Å²) in [5.74, 6) is -5.42. The average Bonchev–Trinajstić information content (AvgIpc) is 2.82. The normalized spacial score (nSPS) is 13.4. The van der Waals surface area contributed by atoms with Gasteiger partial charge in [0.15, 0.2) is 12.4 Å². The van der Waals surface area contributed by atoms with Crippen molar-refractivity contribution in [2.24, 2.45) is 0 Å². The topological polar surface area (TPSA) is 85.3 Å². The van der Waals surface area contributed by atoms with Gasteiger partial charge in [-0.15, -0.1) is 0 Å². The van der Waals surface area contributed by atoms with Gasteiger partial charge in [0.1, 0.15) is 18.1 Å². The average molecular weight is 480 g/mol. The number of ether oxygens (including phenoxy) is 3. The second kappa shape index (κ2) is 13.0. The minimum Gasteiger partial charge on any atom is -0.497 e. The van der Waals surface area contributed by atoms with Crippen LogP contribution in [-0.4, -0.2) is 74.7 Å². The van der Waals surface area contributed by atoms with Crippen LogP contribution in [0.5, 0.6) is 11.5 Å². The first-order valence-corrected chi connectivity index (χ1v) is 10.9. The third-order valence-corrected chi connectivity index (χ3v) is 5.22. The lowest BCUT2D eigenvalue weighted by Crippen LogP contribution is -2.47. The highest BCUT2D eigenvalue weighted by molar-refractivity contribution is 5.81. The molecular formula is C25H31F2NO6. The molecule has 0 aliphatic carbocycles. The zero-order valence-electron chi connectivity index (χ0n) is 19.6. The smallest absolute Gasteiger partial charge is 0.377 e. The number of hydrogen-bond acceptors (Lipinski definition) is 6. The molecule has 2 rings (SSSR count). The lowest BCUT2D eigenvalue weighted by atomic mass is 10.0. The Bertz CT molecular complexity index is 937. The van der Waals surface area contributed by atoms with Crippen molar-refractivity contribution in [1.82, 2.24) is 4.90 Å². The molecule has 0 heterocycles.